The number of carbonyl (C=O) groups excluding carboxylic acids is 3. The molecular formula is C66H59NO8. The number of ether oxygens (including phenoxy) is 5. The first-order valence-corrected chi connectivity index (χ1v) is 26.1. The first-order valence-electron chi connectivity index (χ1n) is 26.1. The molecular weight excluding hydrogens is 935 g/mol. The van der Waals surface area contributed by atoms with E-state index in [2.05, 4.69) is 98.5 Å². The number of nitrogens with zero attached hydrogens (tertiary/aromatic N) is 1. The van der Waals surface area contributed by atoms with Crippen LogP contribution in [0.15, 0.2) is 170 Å². The van der Waals surface area contributed by atoms with Gasteiger partial charge in [-0.15, -0.1) is 0 Å². The van der Waals surface area contributed by atoms with Crippen molar-refractivity contribution in [2.45, 2.75) is 76.7 Å². The minimum absolute atomic E-state index is 0.230. The maximum absolute atomic E-state index is 14.1. The molecule has 0 saturated carbocycles. The molecule has 75 heavy (non-hydrogen) atoms. The van der Waals surface area contributed by atoms with E-state index in [-0.39, 0.29) is 22.6 Å². The monoisotopic (exact) mass is 993 g/mol. The van der Waals surface area contributed by atoms with E-state index in [1.165, 1.54) is 61.1 Å². The molecule has 8 aromatic carbocycles. The topological polar surface area (TPSA) is 101 Å². The van der Waals surface area contributed by atoms with E-state index >= 15 is 0 Å². The van der Waals surface area contributed by atoms with Crippen molar-refractivity contribution in [1.29, 1.82) is 0 Å². The Morgan fingerprint density at radius 3 is 1.80 bits per heavy atom. The van der Waals surface area contributed by atoms with E-state index < -0.39 is 28.9 Å². The van der Waals surface area contributed by atoms with Gasteiger partial charge in [-0.1, -0.05) is 125 Å². The van der Waals surface area contributed by atoms with E-state index in [1.807, 2.05) is 42.5 Å². The molecule has 0 N–H and O–H groups in total. The third kappa shape index (κ3) is 9.33. The van der Waals surface area contributed by atoms with E-state index in [1.54, 1.807) is 55.6 Å². The van der Waals surface area contributed by atoms with Crippen LogP contribution in [0.5, 0.6) is 28.7 Å². The standard InChI is InChI=1S/C66H59NO8/c1-5-6-7-9-16-43-21-23-44(24-22-43)62(68)72-50-33-25-45(26-34-50)63(69)73-51-35-27-46(28-36-51)64(70)74-58-41-54-55(42-57(58)71-4)61-53(60-59(54)52-19-12-13-20-56(52)65(60,2)3)37-38-66(75-61,47-17-10-8-11-18-47)48-29-31-49(32-30-48)67-39-14-15-40-67/h8,10-13,17-38,41-42H,5-7,9,14-16,39-40H2,1-4H3. The van der Waals surface area contributed by atoms with Gasteiger partial charge in [-0.2, -0.15) is 0 Å². The van der Waals surface area contributed by atoms with Crippen molar-refractivity contribution in [2.24, 2.45) is 0 Å². The highest BCUT2D eigenvalue weighted by molar-refractivity contribution is 6.10. The normalized spacial score (nSPS) is 15.9. The van der Waals surface area contributed by atoms with Gasteiger partial charge in [0.05, 0.1) is 23.8 Å². The second-order valence-electron chi connectivity index (χ2n) is 20.2. The minimum Gasteiger partial charge on any atom is -0.493 e. The molecule has 1 unspecified atom stereocenters. The molecule has 0 bridgehead atoms. The third-order valence-electron chi connectivity index (χ3n) is 15.1. The summed E-state index contributed by atoms with van der Waals surface area (Å²) in [4.78, 5) is 42.6. The molecule has 0 spiro atoms. The number of carbonyl (C=O) groups is 3. The van der Waals surface area contributed by atoms with Crippen molar-refractivity contribution in [3.8, 4) is 39.9 Å². The van der Waals surface area contributed by atoms with Gasteiger partial charge in [0.25, 0.3) is 0 Å². The molecule has 376 valence electrons. The number of esters is 3. The molecule has 0 radical (unpaired) electrons. The van der Waals surface area contributed by atoms with Crippen LogP contribution in [0.2, 0.25) is 0 Å². The number of hydrogen-bond acceptors (Lipinski definition) is 9. The Kier molecular flexibility index (Phi) is 13.3. The van der Waals surface area contributed by atoms with Crippen LogP contribution < -0.4 is 28.6 Å². The van der Waals surface area contributed by atoms with Gasteiger partial charge in [0.1, 0.15) is 17.2 Å². The fourth-order valence-corrected chi connectivity index (χ4v) is 11.1. The number of unbranched alkanes of at least 4 members (excludes halogenated alkanes) is 3. The fraction of sp³-hybridized carbons (Fsp3) is 0.227. The zero-order valence-corrected chi connectivity index (χ0v) is 42.8. The van der Waals surface area contributed by atoms with Crippen molar-refractivity contribution in [3.63, 3.8) is 0 Å². The molecule has 2 aliphatic heterocycles. The molecule has 1 saturated heterocycles. The SMILES string of the molecule is CCCCCCc1ccc(C(=O)Oc2ccc(C(=O)Oc3ccc(C(=O)Oc4cc5c6c(c7c(c5cc4OC)OC(c4ccccc4)(c4ccc(N5CCCC5)cc4)C=C7)C(C)(C)c4ccccc4-6)cc3)cc2)cc1. The average molecular weight is 994 g/mol. The number of methoxy groups -OCH3 is 1. The predicted octanol–water partition coefficient (Wildman–Crippen LogP) is 14.9. The Morgan fingerprint density at radius 1 is 0.600 bits per heavy atom. The van der Waals surface area contributed by atoms with Crippen molar-refractivity contribution >= 4 is 40.4 Å². The summed E-state index contributed by atoms with van der Waals surface area (Å²) in [5.41, 5.74) is 9.45. The van der Waals surface area contributed by atoms with Crippen LogP contribution in [-0.2, 0) is 17.4 Å². The lowest BCUT2D eigenvalue weighted by molar-refractivity contribution is 0.0722. The highest BCUT2D eigenvalue weighted by Gasteiger charge is 2.44. The number of aryl methyl sites for hydroxylation is 1. The van der Waals surface area contributed by atoms with E-state index in [0.717, 1.165) is 70.1 Å². The van der Waals surface area contributed by atoms with Crippen LogP contribution in [0.1, 0.15) is 124 Å². The molecule has 11 rings (SSSR count). The van der Waals surface area contributed by atoms with Gasteiger partial charge in [0.15, 0.2) is 17.1 Å². The Hall–Kier alpha value is -8.43. The average Bonchev–Trinajstić information content (AvgIpc) is 4.11. The van der Waals surface area contributed by atoms with Gasteiger partial charge in [-0.3, -0.25) is 0 Å². The lowest BCUT2D eigenvalue weighted by Gasteiger charge is -2.38. The number of hydrogen-bond donors (Lipinski definition) is 0. The van der Waals surface area contributed by atoms with Crippen LogP contribution in [0.3, 0.4) is 0 Å². The van der Waals surface area contributed by atoms with Crippen molar-refractivity contribution < 1.29 is 38.1 Å². The summed E-state index contributed by atoms with van der Waals surface area (Å²) in [7, 11) is 1.56. The zero-order chi connectivity index (χ0) is 51.7. The summed E-state index contributed by atoms with van der Waals surface area (Å²) in [5, 5.41) is 1.68. The quantitative estimate of drug-likeness (QED) is 0.0564. The van der Waals surface area contributed by atoms with Crippen molar-refractivity contribution in [2.75, 3.05) is 25.1 Å². The van der Waals surface area contributed by atoms with Crippen molar-refractivity contribution in [1.82, 2.24) is 0 Å². The lowest BCUT2D eigenvalue weighted by Crippen LogP contribution is -2.35. The molecule has 0 amide bonds. The lowest BCUT2D eigenvalue weighted by atomic mass is 9.76. The van der Waals surface area contributed by atoms with E-state index in [0.29, 0.717) is 22.8 Å². The summed E-state index contributed by atoms with van der Waals surface area (Å²) in [6, 6.07) is 51.3. The Bertz CT molecular complexity index is 3470. The van der Waals surface area contributed by atoms with Crippen molar-refractivity contribution in [3.05, 3.63) is 220 Å². The summed E-state index contributed by atoms with van der Waals surface area (Å²) >= 11 is 0. The molecule has 1 atom stereocenters. The predicted molar refractivity (Wildman–Crippen MR) is 295 cm³/mol. The smallest absolute Gasteiger partial charge is 0.343 e. The van der Waals surface area contributed by atoms with Gasteiger partial charge in [0, 0.05) is 46.3 Å². The Balaban J connectivity index is 0.849. The van der Waals surface area contributed by atoms with Gasteiger partial charge in [-0.25, -0.2) is 14.4 Å². The van der Waals surface area contributed by atoms with Crippen LogP contribution >= 0.6 is 0 Å². The first kappa shape index (κ1) is 48.8. The highest BCUT2D eigenvalue weighted by atomic mass is 16.6. The molecule has 1 aliphatic carbocycles. The summed E-state index contributed by atoms with van der Waals surface area (Å²) < 4.78 is 31.1. The van der Waals surface area contributed by atoms with E-state index in [9.17, 15) is 14.4 Å². The van der Waals surface area contributed by atoms with Gasteiger partial charge in [0.2, 0.25) is 0 Å². The fourth-order valence-electron chi connectivity index (χ4n) is 11.1. The Morgan fingerprint density at radius 2 is 1.17 bits per heavy atom. The van der Waals surface area contributed by atoms with Crippen LogP contribution in [0.4, 0.5) is 5.69 Å². The summed E-state index contributed by atoms with van der Waals surface area (Å²) in [6.45, 7) is 8.82. The van der Waals surface area contributed by atoms with Crippen LogP contribution in [0.25, 0.3) is 28.0 Å². The second kappa shape index (κ2) is 20.5. The summed E-state index contributed by atoms with van der Waals surface area (Å²) in [5.74, 6) is 0.124. The zero-order valence-electron chi connectivity index (χ0n) is 42.8. The maximum atomic E-state index is 14.1. The van der Waals surface area contributed by atoms with Crippen LogP contribution in [0, 0.1) is 0 Å². The van der Waals surface area contributed by atoms with Gasteiger partial charge >= 0.3 is 17.9 Å². The second-order valence-corrected chi connectivity index (χ2v) is 20.2. The molecule has 1 fully saturated rings. The van der Waals surface area contributed by atoms with Crippen LogP contribution in [-0.4, -0.2) is 38.1 Å². The first-order chi connectivity index (χ1) is 36.5. The molecule has 2 heterocycles. The number of rotatable bonds is 15. The highest BCUT2D eigenvalue weighted by Crippen LogP contribution is 2.59. The molecule has 3 aliphatic rings. The molecule has 0 aromatic heterocycles. The Labute approximate surface area is 438 Å². The van der Waals surface area contributed by atoms with Gasteiger partial charge in [-0.05, 0) is 150 Å². The maximum Gasteiger partial charge on any atom is 0.343 e. The number of anilines is 1. The minimum atomic E-state index is -0.963. The number of fused-ring (bicyclic) bond motifs is 8. The molecule has 9 nitrogen and oxygen atoms in total. The number of benzene rings is 8. The van der Waals surface area contributed by atoms with Gasteiger partial charge < -0.3 is 28.6 Å². The molecule has 8 aromatic rings. The summed E-state index contributed by atoms with van der Waals surface area (Å²) in [6.07, 6.45) is 12.5. The third-order valence-corrected chi connectivity index (χ3v) is 15.1. The largest absolute Gasteiger partial charge is 0.493 e. The van der Waals surface area contributed by atoms with E-state index in [4.69, 9.17) is 23.7 Å². The molecule has 9 heteroatoms.